The molecule has 3 N–H and O–H groups in total. The molecule has 11 heteroatoms. The van der Waals surface area contributed by atoms with Crippen molar-refractivity contribution in [1.29, 1.82) is 0 Å². The summed E-state index contributed by atoms with van der Waals surface area (Å²) < 4.78 is 31.7. The number of ether oxygens (including phenoxy) is 1. The van der Waals surface area contributed by atoms with Crippen LogP contribution in [0.5, 0.6) is 5.88 Å². The standard InChI is InChI=1S/C26H33ClN6O3S/c1-16(2)36-25-22(10-9-20(31-25)18-11-13-28-14-12-18)32-26-29-15-19(27)24(33-26)30-21-7-5-6-8-23(21)37(34,35)17(3)4/h5-10,15-18,28H,11-14H2,1-4H3,(H2,29,30,32,33). The van der Waals surface area contributed by atoms with Gasteiger partial charge in [-0.05, 0) is 77.9 Å². The first-order valence-electron chi connectivity index (χ1n) is 12.4. The fraction of sp³-hybridized carbons (Fsp3) is 0.423. The minimum atomic E-state index is -3.52. The second-order valence-corrected chi connectivity index (χ2v) is 12.4. The molecule has 0 amide bonds. The number of piperidine rings is 1. The van der Waals surface area contributed by atoms with E-state index in [9.17, 15) is 8.42 Å². The lowest BCUT2D eigenvalue weighted by molar-refractivity contribution is 0.233. The maximum atomic E-state index is 12.9. The normalized spacial score (nSPS) is 14.7. The molecule has 0 unspecified atom stereocenters. The highest BCUT2D eigenvalue weighted by molar-refractivity contribution is 7.92. The lowest BCUT2D eigenvalue weighted by Gasteiger charge is -2.23. The van der Waals surface area contributed by atoms with Crippen LogP contribution in [0.25, 0.3) is 0 Å². The van der Waals surface area contributed by atoms with Gasteiger partial charge in [0.2, 0.25) is 11.8 Å². The number of nitrogens with one attached hydrogen (secondary N) is 3. The third-order valence-electron chi connectivity index (χ3n) is 6.04. The molecule has 3 heterocycles. The summed E-state index contributed by atoms with van der Waals surface area (Å²) in [5.74, 6) is 1.40. The molecule has 0 atom stereocenters. The van der Waals surface area contributed by atoms with Gasteiger partial charge in [0, 0.05) is 11.6 Å². The molecular formula is C26H33ClN6O3S. The van der Waals surface area contributed by atoms with Crippen LogP contribution in [0.1, 0.15) is 52.1 Å². The summed E-state index contributed by atoms with van der Waals surface area (Å²) in [6, 6.07) is 10.6. The number of pyridine rings is 1. The van der Waals surface area contributed by atoms with E-state index in [2.05, 4.69) is 25.9 Å². The second-order valence-electron chi connectivity index (χ2n) is 9.51. The van der Waals surface area contributed by atoms with E-state index >= 15 is 0 Å². The predicted molar refractivity (Wildman–Crippen MR) is 147 cm³/mol. The van der Waals surface area contributed by atoms with E-state index in [4.69, 9.17) is 21.3 Å². The molecule has 1 aliphatic heterocycles. The van der Waals surface area contributed by atoms with Crippen molar-refractivity contribution in [3.8, 4) is 5.88 Å². The smallest absolute Gasteiger partial charge is 0.238 e. The SMILES string of the molecule is CC(C)Oc1nc(C2CCNCC2)ccc1Nc1ncc(Cl)c(Nc2ccccc2S(=O)(=O)C(C)C)n1. The van der Waals surface area contributed by atoms with E-state index < -0.39 is 15.1 Å². The summed E-state index contributed by atoms with van der Waals surface area (Å²) in [6.07, 6.45) is 3.45. The van der Waals surface area contributed by atoms with Crippen LogP contribution in [-0.4, -0.2) is 47.8 Å². The highest BCUT2D eigenvalue weighted by atomic mass is 35.5. The number of hydrogen-bond acceptors (Lipinski definition) is 9. The molecule has 0 saturated carbocycles. The van der Waals surface area contributed by atoms with Gasteiger partial charge in [0.05, 0.1) is 28.1 Å². The molecule has 9 nitrogen and oxygen atoms in total. The van der Waals surface area contributed by atoms with Crippen molar-refractivity contribution in [2.75, 3.05) is 23.7 Å². The average Bonchev–Trinajstić information content (AvgIpc) is 2.87. The number of anilines is 4. The van der Waals surface area contributed by atoms with Gasteiger partial charge in [-0.3, -0.25) is 0 Å². The molecule has 3 aromatic rings. The second kappa shape index (κ2) is 11.6. The maximum Gasteiger partial charge on any atom is 0.238 e. The molecule has 198 valence electrons. The van der Waals surface area contributed by atoms with Crippen molar-refractivity contribution in [2.24, 2.45) is 0 Å². The Labute approximate surface area is 223 Å². The van der Waals surface area contributed by atoms with Crippen LogP contribution in [0, 0.1) is 0 Å². The molecule has 1 fully saturated rings. The van der Waals surface area contributed by atoms with Crippen LogP contribution in [0.2, 0.25) is 5.02 Å². The lowest BCUT2D eigenvalue weighted by atomic mass is 9.94. The Morgan fingerprint density at radius 3 is 2.43 bits per heavy atom. The van der Waals surface area contributed by atoms with Crippen molar-refractivity contribution in [3.05, 3.63) is 53.3 Å². The van der Waals surface area contributed by atoms with Crippen LogP contribution in [-0.2, 0) is 9.84 Å². The first-order valence-corrected chi connectivity index (χ1v) is 14.4. The monoisotopic (exact) mass is 544 g/mol. The fourth-order valence-electron chi connectivity index (χ4n) is 4.04. The van der Waals surface area contributed by atoms with Crippen molar-refractivity contribution >= 4 is 44.6 Å². The third kappa shape index (κ3) is 6.49. The Hall–Kier alpha value is -2.95. The quantitative estimate of drug-likeness (QED) is 0.323. The van der Waals surface area contributed by atoms with Gasteiger partial charge >= 0.3 is 0 Å². The topological polar surface area (TPSA) is 118 Å². The number of hydrogen-bond donors (Lipinski definition) is 3. The van der Waals surface area contributed by atoms with Crippen molar-refractivity contribution in [3.63, 3.8) is 0 Å². The zero-order valence-electron chi connectivity index (χ0n) is 21.5. The molecule has 0 bridgehead atoms. The van der Waals surface area contributed by atoms with Crippen molar-refractivity contribution < 1.29 is 13.2 Å². The molecular weight excluding hydrogens is 512 g/mol. The lowest BCUT2D eigenvalue weighted by Crippen LogP contribution is -2.27. The van der Waals surface area contributed by atoms with Gasteiger partial charge in [-0.2, -0.15) is 4.98 Å². The number of aromatic nitrogens is 3. The summed E-state index contributed by atoms with van der Waals surface area (Å²) in [5.41, 5.74) is 2.02. The average molecular weight is 545 g/mol. The van der Waals surface area contributed by atoms with Gasteiger partial charge in [-0.15, -0.1) is 0 Å². The van der Waals surface area contributed by atoms with Gasteiger partial charge in [0.1, 0.15) is 10.7 Å². The molecule has 1 aromatic carbocycles. The zero-order chi connectivity index (χ0) is 26.6. The minimum absolute atomic E-state index is 0.0703. The Morgan fingerprint density at radius 2 is 1.73 bits per heavy atom. The Balaban J connectivity index is 1.62. The summed E-state index contributed by atoms with van der Waals surface area (Å²) in [5, 5.41) is 9.31. The third-order valence-corrected chi connectivity index (χ3v) is 8.53. The number of sulfone groups is 1. The van der Waals surface area contributed by atoms with Crippen LogP contribution < -0.4 is 20.7 Å². The molecule has 1 aliphatic rings. The highest BCUT2D eigenvalue weighted by Gasteiger charge is 2.23. The van der Waals surface area contributed by atoms with Gasteiger partial charge in [0.15, 0.2) is 15.7 Å². The van der Waals surface area contributed by atoms with Crippen LogP contribution in [0.3, 0.4) is 0 Å². The van der Waals surface area contributed by atoms with Crippen molar-refractivity contribution in [1.82, 2.24) is 20.3 Å². The summed E-state index contributed by atoms with van der Waals surface area (Å²) >= 11 is 6.38. The maximum absolute atomic E-state index is 12.9. The van der Waals surface area contributed by atoms with E-state index in [1.54, 1.807) is 38.1 Å². The van der Waals surface area contributed by atoms with E-state index in [1.165, 1.54) is 6.20 Å². The molecule has 0 radical (unpaired) electrons. The largest absolute Gasteiger partial charge is 0.473 e. The van der Waals surface area contributed by atoms with Crippen LogP contribution in [0.15, 0.2) is 47.5 Å². The molecule has 0 spiro atoms. The van der Waals surface area contributed by atoms with Gasteiger partial charge in [0.25, 0.3) is 0 Å². The van der Waals surface area contributed by atoms with Crippen molar-refractivity contribution in [2.45, 2.75) is 62.7 Å². The summed E-state index contributed by atoms with van der Waals surface area (Å²) in [7, 11) is -3.52. The number of benzene rings is 1. The molecule has 4 rings (SSSR count). The summed E-state index contributed by atoms with van der Waals surface area (Å²) in [4.78, 5) is 13.8. The van der Waals surface area contributed by atoms with Gasteiger partial charge in [-0.1, -0.05) is 23.7 Å². The van der Waals surface area contributed by atoms with Crippen LogP contribution >= 0.6 is 11.6 Å². The molecule has 0 aliphatic carbocycles. The van der Waals surface area contributed by atoms with E-state index in [0.717, 1.165) is 31.6 Å². The molecule has 1 saturated heterocycles. The summed E-state index contributed by atoms with van der Waals surface area (Å²) in [6.45, 7) is 9.14. The van der Waals surface area contributed by atoms with Crippen LogP contribution in [0.4, 0.5) is 23.1 Å². The predicted octanol–water partition coefficient (Wildman–Crippen LogP) is 5.45. The zero-order valence-corrected chi connectivity index (χ0v) is 23.0. The number of para-hydroxylation sites is 1. The fourth-order valence-corrected chi connectivity index (χ4v) is 5.38. The van der Waals surface area contributed by atoms with Gasteiger partial charge in [-0.25, -0.2) is 18.4 Å². The Morgan fingerprint density at radius 1 is 1.00 bits per heavy atom. The molecule has 37 heavy (non-hydrogen) atoms. The number of rotatable bonds is 9. The first-order chi connectivity index (χ1) is 17.6. The first kappa shape index (κ1) is 27.1. The minimum Gasteiger partial charge on any atom is -0.473 e. The van der Waals surface area contributed by atoms with Gasteiger partial charge < -0.3 is 20.7 Å². The van der Waals surface area contributed by atoms with E-state index in [1.807, 2.05) is 26.0 Å². The van der Waals surface area contributed by atoms with E-state index in [-0.39, 0.29) is 27.8 Å². The van der Waals surface area contributed by atoms with E-state index in [0.29, 0.717) is 23.2 Å². The number of nitrogens with zero attached hydrogens (tertiary/aromatic N) is 3. The Bertz CT molecular complexity index is 1340. The Kier molecular flexibility index (Phi) is 8.51. The molecule has 2 aromatic heterocycles. The highest BCUT2D eigenvalue weighted by Crippen LogP contribution is 2.33. The number of halogens is 1.